The van der Waals surface area contributed by atoms with Crippen molar-refractivity contribution in [3.63, 3.8) is 0 Å². The first-order chi connectivity index (χ1) is 12.1. The normalized spacial score (nSPS) is 41.0. The third kappa shape index (κ3) is 4.03. The Labute approximate surface area is 154 Å². The predicted octanol–water partition coefficient (Wildman–Crippen LogP) is 0.391. The minimum absolute atomic E-state index is 0.0669. The lowest BCUT2D eigenvalue weighted by Gasteiger charge is -2.39. The first kappa shape index (κ1) is 21.5. The van der Waals surface area contributed by atoms with Crippen LogP contribution in [0.3, 0.4) is 0 Å². The molecular formula is C19H32O7. The number of Topliss-reactive ketones (excluding diaryl/α,β-unsaturated/α-hetero) is 1. The molecule has 2 rings (SSSR count). The van der Waals surface area contributed by atoms with Gasteiger partial charge in [0.25, 0.3) is 0 Å². The fraction of sp³-hybridized carbons (Fsp3) is 0.842. The van der Waals surface area contributed by atoms with Crippen molar-refractivity contribution in [3.05, 3.63) is 12.2 Å². The maximum absolute atomic E-state index is 12.8. The number of allylic oxidation sites excluding steroid dienone is 1. The zero-order valence-corrected chi connectivity index (χ0v) is 16.0. The minimum Gasteiger partial charge on any atom is -0.396 e. The fourth-order valence-corrected chi connectivity index (χ4v) is 3.93. The summed E-state index contributed by atoms with van der Waals surface area (Å²) >= 11 is 0. The Morgan fingerprint density at radius 1 is 1.42 bits per heavy atom. The molecule has 0 spiro atoms. The molecule has 2 fully saturated rings. The number of ketones is 1. The number of ether oxygens (including phenoxy) is 2. The van der Waals surface area contributed by atoms with Gasteiger partial charge in [0.15, 0.2) is 5.79 Å². The van der Waals surface area contributed by atoms with Crippen LogP contribution in [0.15, 0.2) is 12.2 Å². The highest BCUT2D eigenvalue weighted by molar-refractivity contribution is 5.85. The van der Waals surface area contributed by atoms with Gasteiger partial charge in [0.05, 0.1) is 43.4 Å². The van der Waals surface area contributed by atoms with Gasteiger partial charge in [-0.05, 0) is 20.3 Å². The van der Waals surface area contributed by atoms with Crippen LogP contribution in [0, 0.1) is 17.8 Å². The summed E-state index contributed by atoms with van der Waals surface area (Å²) in [6, 6.07) is 0. The van der Waals surface area contributed by atoms with Gasteiger partial charge in [-0.25, -0.2) is 0 Å². The Bertz CT molecular complexity index is 536. The highest BCUT2D eigenvalue weighted by atomic mass is 16.6. The molecule has 4 N–H and O–H groups in total. The Morgan fingerprint density at radius 3 is 2.58 bits per heavy atom. The smallest absolute Gasteiger partial charge is 0.167 e. The van der Waals surface area contributed by atoms with Crippen LogP contribution in [0.4, 0.5) is 0 Å². The van der Waals surface area contributed by atoms with E-state index in [2.05, 4.69) is 0 Å². The van der Waals surface area contributed by atoms with Crippen molar-refractivity contribution in [2.45, 2.75) is 70.2 Å². The van der Waals surface area contributed by atoms with Crippen molar-refractivity contribution in [3.8, 4) is 0 Å². The standard InChI is InChI=1S/C19H32O7/c1-5-7-11(3)17-18(4,26-17)16(23)12(9-20)15(22)13-10-25-19(24,6-2)8-14(13)21/h5,7,11-14,16-17,20-21,23-24H,6,8-10H2,1-4H3/b7-5-/t11-,12-,13+,14?,16-,17+,18+,19?/m0/s1. The van der Waals surface area contributed by atoms with Crippen molar-refractivity contribution in [1.82, 2.24) is 0 Å². The molecule has 0 saturated carbocycles. The Balaban J connectivity index is 2.07. The van der Waals surface area contributed by atoms with E-state index < -0.39 is 47.8 Å². The van der Waals surface area contributed by atoms with Crippen molar-refractivity contribution < 1.29 is 34.7 Å². The van der Waals surface area contributed by atoms with Gasteiger partial charge in [-0.15, -0.1) is 0 Å². The summed E-state index contributed by atoms with van der Waals surface area (Å²) in [4.78, 5) is 12.8. The molecule has 7 heteroatoms. The fourth-order valence-electron chi connectivity index (χ4n) is 3.93. The van der Waals surface area contributed by atoms with Crippen LogP contribution < -0.4 is 0 Å². The SMILES string of the molecule is C/C=C\[C@H](C)[C@H]1O[C@]1(C)[C@@H](O)[C@@H](CO)C(=O)[C@@H]1COC(O)(CC)CC1O. The van der Waals surface area contributed by atoms with Gasteiger partial charge < -0.3 is 29.9 Å². The Hall–Kier alpha value is -0.830. The molecule has 8 atom stereocenters. The predicted molar refractivity (Wildman–Crippen MR) is 94.2 cm³/mol. The maximum atomic E-state index is 12.8. The van der Waals surface area contributed by atoms with E-state index in [1.807, 2.05) is 26.0 Å². The van der Waals surface area contributed by atoms with E-state index in [-0.39, 0.29) is 25.0 Å². The summed E-state index contributed by atoms with van der Waals surface area (Å²) in [6.45, 7) is 6.61. The third-order valence-corrected chi connectivity index (χ3v) is 5.83. The summed E-state index contributed by atoms with van der Waals surface area (Å²) in [6.07, 6.45) is 1.55. The van der Waals surface area contributed by atoms with Gasteiger partial charge in [0, 0.05) is 12.3 Å². The van der Waals surface area contributed by atoms with E-state index in [9.17, 15) is 25.2 Å². The lowest BCUT2D eigenvalue weighted by molar-refractivity contribution is -0.258. The van der Waals surface area contributed by atoms with Crippen LogP contribution in [-0.4, -0.2) is 69.1 Å². The van der Waals surface area contributed by atoms with Crippen molar-refractivity contribution in [2.24, 2.45) is 17.8 Å². The molecule has 0 aromatic heterocycles. The topological polar surface area (TPSA) is 120 Å². The minimum atomic E-state index is -1.44. The first-order valence-corrected chi connectivity index (χ1v) is 9.31. The molecule has 7 nitrogen and oxygen atoms in total. The number of hydrogen-bond acceptors (Lipinski definition) is 7. The molecule has 2 saturated heterocycles. The Kier molecular flexibility index (Phi) is 6.64. The summed E-state index contributed by atoms with van der Waals surface area (Å²) in [5, 5.41) is 40.9. The molecule has 150 valence electrons. The van der Waals surface area contributed by atoms with E-state index in [1.165, 1.54) is 0 Å². The monoisotopic (exact) mass is 372 g/mol. The zero-order chi connectivity index (χ0) is 19.7. The summed E-state index contributed by atoms with van der Waals surface area (Å²) in [5.41, 5.74) is -0.924. The second-order valence-corrected chi connectivity index (χ2v) is 7.73. The molecule has 26 heavy (non-hydrogen) atoms. The number of aliphatic hydroxyl groups is 4. The van der Waals surface area contributed by atoms with Crippen LogP contribution in [-0.2, 0) is 14.3 Å². The average molecular weight is 372 g/mol. The van der Waals surface area contributed by atoms with E-state index in [0.29, 0.717) is 6.42 Å². The van der Waals surface area contributed by atoms with Gasteiger partial charge in [0.2, 0.25) is 0 Å². The van der Waals surface area contributed by atoms with Crippen molar-refractivity contribution in [2.75, 3.05) is 13.2 Å². The second-order valence-electron chi connectivity index (χ2n) is 7.73. The van der Waals surface area contributed by atoms with Crippen LogP contribution in [0.5, 0.6) is 0 Å². The lowest BCUT2D eigenvalue weighted by Crippen LogP contribution is -2.53. The van der Waals surface area contributed by atoms with E-state index >= 15 is 0 Å². The summed E-state index contributed by atoms with van der Waals surface area (Å²) in [5.74, 6) is -3.83. The highest BCUT2D eigenvalue weighted by Gasteiger charge is 2.62. The number of hydrogen-bond donors (Lipinski definition) is 4. The number of carbonyl (C=O) groups is 1. The lowest BCUT2D eigenvalue weighted by atomic mass is 9.78. The molecule has 2 unspecified atom stereocenters. The summed E-state index contributed by atoms with van der Waals surface area (Å²) in [7, 11) is 0. The van der Waals surface area contributed by atoms with E-state index in [0.717, 1.165) is 0 Å². The van der Waals surface area contributed by atoms with Gasteiger partial charge in [-0.3, -0.25) is 4.79 Å². The number of carbonyl (C=O) groups excluding carboxylic acids is 1. The second kappa shape index (κ2) is 8.04. The quantitative estimate of drug-likeness (QED) is 0.359. The molecule has 0 radical (unpaired) electrons. The van der Waals surface area contributed by atoms with Gasteiger partial charge in [0.1, 0.15) is 11.4 Å². The van der Waals surface area contributed by atoms with Crippen molar-refractivity contribution in [1.29, 1.82) is 0 Å². The Morgan fingerprint density at radius 2 is 2.08 bits per heavy atom. The number of epoxide rings is 1. The van der Waals surface area contributed by atoms with Gasteiger partial charge in [-0.2, -0.15) is 0 Å². The third-order valence-electron chi connectivity index (χ3n) is 5.83. The van der Waals surface area contributed by atoms with E-state index in [4.69, 9.17) is 9.47 Å². The molecule has 2 aliphatic rings. The maximum Gasteiger partial charge on any atom is 0.167 e. The molecule has 2 aliphatic heterocycles. The zero-order valence-electron chi connectivity index (χ0n) is 16.0. The average Bonchev–Trinajstić information content (AvgIpc) is 3.29. The number of rotatable bonds is 8. The molecule has 0 aliphatic carbocycles. The van der Waals surface area contributed by atoms with Crippen molar-refractivity contribution >= 4 is 5.78 Å². The molecule has 0 aromatic carbocycles. The van der Waals surface area contributed by atoms with Gasteiger partial charge >= 0.3 is 0 Å². The number of aliphatic hydroxyl groups excluding tert-OH is 3. The molecular weight excluding hydrogens is 340 g/mol. The largest absolute Gasteiger partial charge is 0.396 e. The molecule has 2 heterocycles. The highest BCUT2D eigenvalue weighted by Crippen LogP contribution is 2.47. The molecule has 0 amide bonds. The molecule has 0 aromatic rings. The van der Waals surface area contributed by atoms with Crippen LogP contribution in [0.25, 0.3) is 0 Å². The van der Waals surface area contributed by atoms with Crippen LogP contribution in [0.2, 0.25) is 0 Å². The molecule has 0 bridgehead atoms. The van der Waals surface area contributed by atoms with Crippen LogP contribution >= 0.6 is 0 Å². The summed E-state index contributed by atoms with van der Waals surface area (Å²) < 4.78 is 11.0. The first-order valence-electron chi connectivity index (χ1n) is 9.31. The van der Waals surface area contributed by atoms with Gasteiger partial charge in [-0.1, -0.05) is 26.0 Å². The van der Waals surface area contributed by atoms with Crippen LogP contribution in [0.1, 0.15) is 40.5 Å². The van der Waals surface area contributed by atoms with E-state index in [1.54, 1.807) is 13.8 Å².